The number of anilines is 1. The second-order valence-electron chi connectivity index (χ2n) is 5.30. The number of hydrogen-bond donors (Lipinski definition) is 1. The van der Waals surface area contributed by atoms with Crippen molar-refractivity contribution in [3.63, 3.8) is 0 Å². The van der Waals surface area contributed by atoms with Crippen molar-refractivity contribution in [2.75, 3.05) is 31.1 Å². The van der Waals surface area contributed by atoms with Crippen LogP contribution in [0.4, 0.5) is 5.82 Å². The summed E-state index contributed by atoms with van der Waals surface area (Å²) >= 11 is 18.7. The Balaban J connectivity index is 1.77. The first kappa shape index (κ1) is 17.1. The molecule has 3 rings (SSSR count). The summed E-state index contributed by atoms with van der Waals surface area (Å²) in [5, 5.41) is 14.4. The highest BCUT2D eigenvalue weighted by molar-refractivity contribution is 6.40. The first-order chi connectivity index (χ1) is 11.6. The maximum Gasteiger partial charge on any atom is 0.178 e. The summed E-state index contributed by atoms with van der Waals surface area (Å²) in [6.07, 6.45) is 1.72. The van der Waals surface area contributed by atoms with Crippen molar-refractivity contribution >= 4 is 46.5 Å². The molecule has 2 heterocycles. The minimum absolute atomic E-state index is 0.373. The molecule has 24 heavy (non-hydrogen) atoms. The normalized spacial score (nSPS) is 15.7. The summed E-state index contributed by atoms with van der Waals surface area (Å²) in [6, 6.07) is 8.82. The number of amidine groups is 1. The smallest absolute Gasteiger partial charge is 0.178 e. The lowest BCUT2D eigenvalue weighted by atomic mass is 10.1. The molecule has 1 saturated heterocycles. The van der Waals surface area contributed by atoms with Gasteiger partial charge >= 0.3 is 0 Å². The van der Waals surface area contributed by atoms with Crippen LogP contribution in [0.25, 0.3) is 0 Å². The van der Waals surface area contributed by atoms with Crippen molar-refractivity contribution in [3.8, 4) is 0 Å². The Morgan fingerprint density at radius 2 is 1.58 bits per heavy atom. The lowest BCUT2D eigenvalue weighted by Crippen LogP contribution is -2.49. The number of pyridine rings is 1. The monoisotopic (exact) mass is 384 g/mol. The molecule has 0 bridgehead atoms. The SMILES string of the molecule is O/N=C(\c1c(Cl)cccc1Cl)N1CCN(c2ncccc2Cl)CC1. The van der Waals surface area contributed by atoms with Crippen LogP contribution in [-0.4, -0.2) is 47.1 Å². The van der Waals surface area contributed by atoms with E-state index in [0.29, 0.717) is 52.6 Å². The molecule has 0 atom stereocenters. The van der Waals surface area contributed by atoms with Crippen LogP contribution in [0.2, 0.25) is 15.1 Å². The predicted molar refractivity (Wildman–Crippen MR) is 97.8 cm³/mol. The lowest BCUT2D eigenvalue weighted by Gasteiger charge is -2.37. The molecule has 126 valence electrons. The largest absolute Gasteiger partial charge is 0.409 e. The molecule has 2 aromatic rings. The first-order valence-electron chi connectivity index (χ1n) is 7.38. The van der Waals surface area contributed by atoms with Gasteiger partial charge in [0.2, 0.25) is 0 Å². The molecule has 5 nitrogen and oxygen atoms in total. The van der Waals surface area contributed by atoms with Gasteiger partial charge in [0.05, 0.1) is 20.6 Å². The fraction of sp³-hybridized carbons (Fsp3) is 0.250. The zero-order valence-corrected chi connectivity index (χ0v) is 14.9. The van der Waals surface area contributed by atoms with Gasteiger partial charge in [-0.3, -0.25) is 0 Å². The third-order valence-electron chi connectivity index (χ3n) is 3.90. The van der Waals surface area contributed by atoms with E-state index in [9.17, 15) is 5.21 Å². The third-order valence-corrected chi connectivity index (χ3v) is 4.82. The van der Waals surface area contributed by atoms with Crippen LogP contribution in [-0.2, 0) is 0 Å². The van der Waals surface area contributed by atoms with E-state index < -0.39 is 0 Å². The number of hydrogen-bond acceptors (Lipinski definition) is 4. The molecule has 1 aromatic heterocycles. The van der Waals surface area contributed by atoms with E-state index in [1.54, 1.807) is 30.5 Å². The van der Waals surface area contributed by atoms with E-state index in [0.717, 1.165) is 5.82 Å². The van der Waals surface area contributed by atoms with Crippen molar-refractivity contribution in [2.45, 2.75) is 0 Å². The van der Waals surface area contributed by atoms with Gasteiger partial charge in [-0.15, -0.1) is 0 Å². The second kappa shape index (κ2) is 7.47. The van der Waals surface area contributed by atoms with E-state index in [1.807, 2.05) is 11.0 Å². The van der Waals surface area contributed by atoms with Crippen molar-refractivity contribution in [1.82, 2.24) is 9.88 Å². The predicted octanol–water partition coefficient (Wildman–Crippen LogP) is 4.00. The van der Waals surface area contributed by atoms with E-state index >= 15 is 0 Å². The minimum Gasteiger partial charge on any atom is -0.409 e. The Hall–Kier alpha value is -1.69. The van der Waals surface area contributed by atoms with E-state index in [4.69, 9.17) is 34.8 Å². The molecule has 8 heteroatoms. The van der Waals surface area contributed by atoms with Gasteiger partial charge in [-0.1, -0.05) is 46.0 Å². The molecule has 0 aliphatic carbocycles. The van der Waals surface area contributed by atoms with Crippen molar-refractivity contribution in [1.29, 1.82) is 0 Å². The number of rotatable bonds is 2. The van der Waals surface area contributed by atoms with Crippen molar-refractivity contribution in [3.05, 3.63) is 57.2 Å². The zero-order valence-electron chi connectivity index (χ0n) is 12.7. The Bertz CT molecular complexity index is 740. The molecule has 1 fully saturated rings. The summed E-state index contributed by atoms with van der Waals surface area (Å²) in [5.74, 6) is 1.13. The highest BCUT2D eigenvalue weighted by atomic mass is 35.5. The molecule has 0 spiro atoms. The summed E-state index contributed by atoms with van der Waals surface area (Å²) < 4.78 is 0. The molecule has 1 aromatic carbocycles. The zero-order chi connectivity index (χ0) is 17.1. The number of nitrogens with zero attached hydrogens (tertiary/aromatic N) is 4. The third kappa shape index (κ3) is 3.38. The van der Waals surface area contributed by atoms with E-state index in [1.165, 1.54) is 0 Å². The van der Waals surface area contributed by atoms with Gasteiger partial charge in [-0.25, -0.2) is 4.98 Å². The maximum atomic E-state index is 9.49. The van der Waals surface area contributed by atoms with Crippen molar-refractivity contribution in [2.24, 2.45) is 5.16 Å². The number of halogens is 3. The number of piperazine rings is 1. The fourth-order valence-electron chi connectivity index (χ4n) is 2.72. The maximum absolute atomic E-state index is 9.49. The van der Waals surface area contributed by atoms with Gasteiger partial charge in [0.1, 0.15) is 5.82 Å². The number of oxime groups is 1. The number of benzene rings is 1. The Kier molecular flexibility index (Phi) is 5.33. The molecule has 1 aliphatic rings. The van der Waals surface area contributed by atoms with Gasteiger partial charge in [0.15, 0.2) is 5.84 Å². The van der Waals surface area contributed by atoms with Crippen LogP contribution in [0, 0.1) is 0 Å². The van der Waals surface area contributed by atoms with Crippen LogP contribution < -0.4 is 4.90 Å². The average molecular weight is 386 g/mol. The first-order valence-corrected chi connectivity index (χ1v) is 8.52. The van der Waals surface area contributed by atoms with Gasteiger partial charge in [0.25, 0.3) is 0 Å². The van der Waals surface area contributed by atoms with Gasteiger partial charge < -0.3 is 15.0 Å². The quantitative estimate of drug-likeness (QED) is 0.367. The molecular formula is C16H15Cl3N4O. The van der Waals surface area contributed by atoms with Crippen LogP contribution in [0.5, 0.6) is 0 Å². The molecule has 1 aliphatic heterocycles. The van der Waals surface area contributed by atoms with Gasteiger partial charge in [-0.2, -0.15) is 0 Å². The fourth-order valence-corrected chi connectivity index (χ4v) is 3.53. The molecule has 0 saturated carbocycles. The summed E-state index contributed by atoms with van der Waals surface area (Å²) in [7, 11) is 0. The number of aromatic nitrogens is 1. The summed E-state index contributed by atoms with van der Waals surface area (Å²) in [6.45, 7) is 2.65. The average Bonchev–Trinajstić information content (AvgIpc) is 2.59. The lowest BCUT2D eigenvalue weighted by molar-refractivity contribution is 0.296. The summed E-state index contributed by atoms with van der Waals surface area (Å²) in [5.41, 5.74) is 0.535. The van der Waals surface area contributed by atoms with E-state index in [-0.39, 0.29) is 0 Å². The molecule has 1 N–H and O–H groups in total. The van der Waals surface area contributed by atoms with Gasteiger partial charge in [0, 0.05) is 32.4 Å². The molecule has 0 radical (unpaired) electrons. The van der Waals surface area contributed by atoms with Crippen LogP contribution in [0.3, 0.4) is 0 Å². The van der Waals surface area contributed by atoms with Crippen LogP contribution in [0.1, 0.15) is 5.56 Å². The highest BCUT2D eigenvalue weighted by Crippen LogP contribution is 2.28. The second-order valence-corrected chi connectivity index (χ2v) is 6.52. The summed E-state index contributed by atoms with van der Waals surface area (Å²) in [4.78, 5) is 8.38. The van der Waals surface area contributed by atoms with Crippen molar-refractivity contribution < 1.29 is 5.21 Å². The Labute approximate surface area is 155 Å². The van der Waals surface area contributed by atoms with Gasteiger partial charge in [-0.05, 0) is 24.3 Å². The van der Waals surface area contributed by atoms with E-state index in [2.05, 4.69) is 15.0 Å². The standard InChI is InChI=1S/C16H15Cl3N4O/c17-11-3-1-4-12(18)14(11)16(21-24)23-9-7-22(8-10-23)15-13(19)5-2-6-20-15/h1-6,24H,7-10H2/b21-16+. The topological polar surface area (TPSA) is 52.0 Å². The van der Waals surface area contributed by atoms with Crippen LogP contribution >= 0.6 is 34.8 Å². The van der Waals surface area contributed by atoms with Crippen LogP contribution in [0.15, 0.2) is 41.7 Å². The Morgan fingerprint density at radius 1 is 0.958 bits per heavy atom. The minimum atomic E-state index is 0.373. The molecule has 0 unspecified atom stereocenters. The Morgan fingerprint density at radius 3 is 2.17 bits per heavy atom. The highest BCUT2D eigenvalue weighted by Gasteiger charge is 2.25. The molecular weight excluding hydrogens is 371 g/mol. The molecule has 0 amide bonds.